The summed E-state index contributed by atoms with van der Waals surface area (Å²) in [5.41, 5.74) is 1.58. The van der Waals surface area contributed by atoms with Gasteiger partial charge in [0.05, 0.1) is 10.6 Å². The Morgan fingerprint density at radius 3 is 2.50 bits per heavy atom. The number of sulfonamides is 1. The van der Waals surface area contributed by atoms with Gasteiger partial charge in [-0.2, -0.15) is 0 Å². The van der Waals surface area contributed by atoms with Gasteiger partial charge in [-0.3, -0.25) is 9.52 Å². The topological polar surface area (TPSA) is 75.3 Å². The van der Waals surface area contributed by atoms with Crippen molar-refractivity contribution in [1.82, 2.24) is 5.32 Å². The Labute approximate surface area is 153 Å². The maximum absolute atomic E-state index is 12.8. The van der Waals surface area contributed by atoms with E-state index in [2.05, 4.69) is 10.0 Å². The van der Waals surface area contributed by atoms with E-state index in [1.165, 1.54) is 12.1 Å². The summed E-state index contributed by atoms with van der Waals surface area (Å²) in [6.45, 7) is 4.07. The highest BCUT2D eigenvalue weighted by molar-refractivity contribution is 7.92. The molecule has 3 aromatic carbocycles. The molecule has 3 rings (SSSR count). The summed E-state index contributed by atoms with van der Waals surface area (Å²) in [6.07, 6.45) is 0. The fourth-order valence-corrected chi connectivity index (χ4v) is 3.89. The summed E-state index contributed by atoms with van der Waals surface area (Å²) < 4.78 is 28.3. The van der Waals surface area contributed by atoms with E-state index in [0.717, 1.165) is 16.3 Å². The Morgan fingerprint density at radius 1 is 1.00 bits per heavy atom. The van der Waals surface area contributed by atoms with Crippen molar-refractivity contribution in [2.45, 2.75) is 18.7 Å². The van der Waals surface area contributed by atoms with Crippen LogP contribution >= 0.6 is 0 Å². The molecule has 0 aromatic heterocycles. The third-order valence-corrected chi connectivity index (χ3v) is 5.50. The zero-order valence-electron chi connectivity index (χ0n) is 14.6. The van der Waals surface area contributed by atoms with Crippen LogP contribution in [0.1, 0.15) is 22.8 Å². The molecule has 0 heterocycles. The molecule has 134 valence electrons. The summed E-state index contributed by atoms with van der Waals surface area (Å²) in [5.74, 6) is -0.285. The maximum Gasteiger partial charge on any atom is 0.261 e. The van der Waals surface area contributed by atoms with Crippen molar-refractivity contribution < 1.29 is 13.2 Å². The molecular weight excluding hydrogens is 348 g/mol. The lowest BCUT2D eigenvalue weighted by Crippen LogP contribution is -2.24. The van der Waals surface area contributed by atoms with E-state index in [1.54, 1.807) is 25.1 Å². The van der Waals surface area contributed by atoms with E-state index in [4.69, 9.17) is 0 Å². The highest BCUT2D eigenvalue weighted by Gasteiger charge is 2.19. The predicted octanol–water partition coefficient (Wildman–Crippen LogP) is 3.70. The fourth-order valence-electron chi connectivity index (χ4n) is 2.79. The standard InChI is InChI=1S/C20H20N2O3S/c1-3-21-20(23)18-13-16(12-11-14(18)2)26(24,25)22-19-10-6-8-15-7-4-5-9-17(15)19/h4-13,22H,3H2,1-2H3,(H,21,23). The summed E-state index contributed by atoms with van der Waals surface area (Å²) in [7, 11) is -3.82. The lowest BCUT2D eigenvalue weighted by atomic mass is 10.1. The first-order valence-corrected chi connectivity index (χ1v) is 9.80. The summed E-state index contributed by atoms with van der Waals surface area (Å²) in [5, 5.41) is 4.46. The number of hydrogen-bond acceptors (Lipinski definition) is 3. The molecule has 6 heteroatoms. The number of nitrogens with one attached hydrogen (secondary N) is 2. The Bertz CT molecular complexity index is 1070. The highest BCUT2D eigenvalue weighted by Crippen LogP contribution is 2.26. The third kappa shape index (κ3) is 3.55. The van der Waals surface area contributed by atoms with Gasteiger partial charge in [0.1, 0.15) is 0 Å². The van der Waals surface area contributed by atoms with Crippen LogP contribution in [0.5, 0.6) is 0 Å². The number of carbonyl (C=O) groups excluding carboxylic acids is 1. The van der Waals surface area contributed by atoms with E-state index >= 15 is 0 Å². The first-order chi connectivity index (χ1) is 12.4. The zero-order chi connectivity index (χ0) is 18.7. The molecule has 0 unspecified atom stereocenters. The summed E-state index contributed by atoms with van der Waals surface area (Å²) in [6, 6.07) is 17.6. The predicted molar refractivity (Wildman–Crippen MR) is 104 cm³/mol. The highest BCUT2D eigenvalue weighted by atomic mass is 32.2. The normalized spacial score (nSPS) is 11.3. The van der Waals surface area contributed by atoms with Gasteiger partial charge in [0, 0.05) is 17.5 Å². The van der Waals surface area contributed by atoms with Crippen LogP contribution in [0.15, 0.2) is 65.6 Å². The first kappa shape index (κ1) is 17.9. The van der Waals surface area contributed by atoms with Gasteiger partial charge in [-0.05, 0) is 43.0 Å². The van der Waals surface area contributed by atoms with Gasteiger partial charge in [0.2, 0.25) is 0 Å². The van der Waals surface area contributed by atoms with Crippen LogP contribution in [0.2, 0.25) is 0 Å². The van der Waals surface area contributed by atoms with Crippen molar-refractivity contribution in [3.63, 3.8) is 0 Å². The molecule has 5 nitrogen and oxygen atoms in total. The number of amides is 1. The Balaban J connectivity index is 2.00. The molecule has 0 fully saturated rings. The first-order valence-electron chi connectivity index (χ1n) is 8.32. The van der Waals surface area contributed by atoms with E-state index in [1.807, 2.05) is 37.3 Å². The lowest BCUT2D eigenvalue weighted by molar-refractivity contribution is 0.0955. The number of aryl methyl sites for hydroxylation is 1. The molecule has 0 saturated carbocycles. The Kier molecular flexibility index (Phi) is 4.95. The minimum absolute atomic E-state index is 0.0530. The second kappa shape index (κ2) is 7.17. The zero-order valence-corrected chi connectivity index (χ0v) is 15.4. The molecule has 26 heavy (non-hydrogen) atoms. The van der Waals surface area contributed by atoms with Crippen molar-refractivity contribution >= 4 is 32.4 Å². The average molecular weight is 368 g/mol. The molecular formula is C20H20N2O3S. The van der Waals surface area contributed by atoms with Crippen molar-refractivity contribution in [2.75, 3.05) is 11.3 Å². The van der Waals surface area contributed by atoms with Gasteiger partial charge in [-0.25, -0.2) is 8.42 Å². The minimum atomic E-state index is -3.82. The van der Waals surface area contributed by atoms with Crippen molar-refractivity contribution in [1.29, 1.82) is 0 Å². The number of rotatable bonds is 5. The second-order valence-corrected chi connectivity index (χ2v) is 7.65. The number of benzene rings is 3. The number of carbonyl (C=O) groups is 1. The number of hydrogen-bond donors (Lipinski definition) is 2. The molecule has 0 spiro atoms. The SMILES string of the molecule is CCNC(=O)c1cc(S(=O)(=O)Nc2cccc3ccccc23)ccc1C. The van der Waals surface area contributed by atoms with Gasteiger partial charge >= 0.3 is 0 Å². The maximum atomic E-state index is 12.8. The third-order valence-electron chi connectivity index (χ3n) is 4.14. The molecule has 0 aliphatic carbocycles. The van der Waals surface area contributed by atoms with Gasteiger partial charge in [-0.15, -0.1) is 0 Å². The van der Waals surface area contributed by atoms with Gasteiger partial charge in [-0.1, -0.05) is 42.5 Å². The Morgan fingerprint density at radius 2 is 1.73 bits per heavy atom. The van der Waals surface area contributed by atoms with Crippen molar-refractivity contribution in [2.24, 2.45) is 0 Å². The molecule has 0 atom stereocenters. The average Bonchev–Trinajstić information content (AvgIpc) is 2.62. The van der Waals surface area contributed by atoms with Crippen molar-refractivity contribution in [3.8, 4) is 0 Å². The van der Waals surface area contributed by atoms with E-state index in [0.29, 0.717) is 17.8 Å². The van der Waals surface area contributed by atoms with Crippen LogP contribution in [0.25, 0.3) is 10.8 Å². The Hall–Kier alpha value is -2.86. The van der Waals surface area contributed by atoms with Crippen LogP contribution in [-0.4, -0.2) is 20.9 Å². The molecule has 0 aliphatic heterocycles. The second-order valence-electron chi connectivity index (χ2n) is 5.97. The molecule has 2 N–H and O–H groups in total. The molecule has 0 bridgehead atoms. The fraction of sp³-hybridized carbons (Fsp3) is 0.150. The largest absolute Gasteiger partial charge is 0.352 e. The van der Waals surface area contributed by atoms with E-state index in [-0.39, 0.29) is 10.8 Å². The lowest BCUT2D eigenvalue weighted by Gasteiger charge is -2.13. The number of anilines is 1. The van der Waals surface area contributed by atoms with Crippen LogP contribution in [0.4, 0.5) is 5.69 Å². The van der Waals surface area contributed by atoms with Crippen LogP contribution in [0.3, 0.4) is 0 Å². The van der Waals surface area contributed by atoms with Gasteiger partial charge < -0.3 is 5.32 Å². The molecule has 0 saturated heterocycles. The molecule has 0 aliphatic rings. The quantitative estimate of drug-likeness (QED) is 0.721. The van der Waals surface area contributed by atoms with E-state index < -0.39 is 10.0 Å². The molecule has 1 amide bonds. The minimum Gasteiger partial charge on any atom is -0.352 e. The smallest absolute Gasteiger partial charge is 0.261 e. The van der Waals surface area contributed by atoms with Crippen LogP contribution in [-0.2, 0) is 10.0 Å². The summed E-state index contributed by atoms with van der Waals surface area (Å²) >= 11 is 0. The van der Waals surface area contributed by atoms with Crippen LogP contribution in [0, 0.1) is 6.92 Å². The monoisotopic (exact) mass is 368 g/mol. The number of fused-ring (bicyclic) bond motifs is 1. The van der Waals surface area contributed by atoms with Gasteiger partial charge in [0.25, 0.3) is 15.9 Å². The van der Waals surface area contributed by atoms with E-state index in [9.17, 15) is 13.2 Å². The van der Waals surface area contributed by atoms with Crippen molar-refractivity contribution in [3.05, 3.63) is 71.8 Å². The van der Waals surface area contributed by atoms with Crippen LogP contribution < -0.4 is 10.0 Å². The summed E-state index contributed by atoms with van der Waals surface area (Å²) in [4.78, 5) is 12.2. The van der Waals surface area contributed by atoms with Gasteiger partial charge in [0.15, 0.2) is 0 Å². The molecule has 3 aromatic rings. The molecule has 0 radical (unpaired) electrons.